The Kier molecular flexibility index (Phi) is 3.94. The zero-order valence-corrected chi connectivity index (χ0v) is 10.3. The molecule has 1 aliphatic rings. The minimum Gasteiger partial charge on any atom is -0.347 e. The monoisotopic (exact) mass is 261 g/mol. The number of imidazole rings is 1. The lowest BCUT2D eigenvalue weighted by molar-refractivity contribution is -0.183. The highest BCUT2D eigenvalue weighted by Crippen LogP contribution is 2.37. The minimum absolute atomic E-state index is 0.0445. The Hall–Kier alpha value is -1.04. The van der Waals surface area contributed by atoms with Gasteiger partial charge in [0.15, 0.2) is 0 Å². The summed E-state index contributed by atoms with van der Waals surface area (Å²) < 4.78 is 38.0. The van der Waals surface area contributed by atoms with Crippen molar-refractivity contribution in [2.75, 3.05) is 0 Å². The van der Waals surface area contributed by atoms with Crippen molar-refractivity contribution < 1.29 is 13.2 Å². The molecular weight excluding hydrogens is 243 g/mol. The van der Waals surface area contributed by atoms with Crippen LogP contribution in [-0.2, 0) is 0 Å². The predicted molar refractivity (Wildman–Crippen MR) is 61.9 cm³/mol. The third-order valence-corrected chi connectivity index (χ3v) is 3.55. The maximum atomic E-state index is 12.7. The van der Waals surface area contributed by atoms with Gasteiger partial charge in [-0.25, -0.2) is 4.98 Å². The van der Waals surface area contributed by atoms with Crippen molar-refractivity contribution in [2.24, 2.45) is 5.92 Å². The van der Waals surface area contributed by atoms with Crippen molar-refractivity contribution in [3.05, 3.63) is 18.2 Å². The van der Waals surface area contributed by atoms with Gasteiger partial charge < -0.3 is 10.3 Å². The molecule has 1 fully saturated rings. The number of halogens is 3. The third-order valence-electron chi connectivity index (χ3n) is 3.55. The van der Waals surface area contributed by atoms with E-state index < -0.39 is 12.1 Å². The molecule has 0 bridgehead atoms. The van der Waals surface area contributed by atoms with Crippen LogP contribution in [0.3, 0.4) is 0 Å². The van der Waals surface area contributed by atoms with Crippen molar-refractivity contribution in [3.8, 4) is 0 Å². The van der Waals surface area contributed by atoms with Crippen molar-refractivity contribution in [1.29, 1.82) is 0 Å². The standard InChI is InChI=1S/C12H18F3N3/c1-8(11-16-5-6-17-11)18-10-4-2-3-9(7-10)12(13,14)15/h5-6,8-10,18H,2-4,7H2,1H3,(H,16,17). The summed E-state index contributed by atoms with van der Waals surface area (Å²) in [6.45, 7) is 1.91. The number of aromatic nitrogens is 2. The van der Waals surface area contributed by atoms with Crippen LogP contribution in [0.25, 0.3) is 0 Å². The smallest absolute Gasteiger partial charge is 0.347 e. The van der Waals surface area contributed by atoms with E-state index in [1.165, 1.54) is 0 Å². The molecule has 3 nitrogen and oxygen atoms in total. The number of nitrogens with one attached hydrogen (secondary N) is 2. The number of rotatable bonds is 3. The topological polar surface area (TPSA) is 40.7 Å². The summed E-state index contributed by atoms with van der Waals surface area (Å²) in [5, 5.41) is 3.23. The summed E-state index contributed by atoms with van der Waals surface area (Å²) >= 11 is 0. The van der Waals surface area contributed by atoms with Gasteiger partial charge in [0.2, 0.25) is 0 Å². The van der Waals surface area contributed by atoms with Gasteiger partial charge in [0.05, 0.1) is 12.0 Å². The zero-order chi connectivity index (χ0) is 13.2. The van der Waals surface area contributed by atoms with Crippen LogP contribution in [0.4, 0.5) is 13.2 Å². The molecule has 0 spiro atoms. The average Bonchev–Trinajstić information content (AvgIpc) is 2.81. The Bertz CT molecular complexity index is 361. The first-order valence-corrected chi connectivity index (χ1v) is 6.29. The van der Waals surface area contributed by atoms with Gasteiger partial charge in [0.1, 0.15) is 5.82 Å². The first-order valence-electron chi connectivity index (χ1n) is 6.29. The van der Waals surface area contributed by atoms with Crippen LogP contribution in [0.2, 0.25) is 0 Å². The van der Waals surface area contributed by atoms with Crippen LogP contribution in [-0.4, -0.2) is 22.2 Å². The van der Waals surface area contributed by atoms with Crippen LogP contribution in [0.1, 0.15) is 44.5 Å². The highest BCUT2D eigenvalue weighted by molar-refractivity contribution is 4.95. The number of hydrogen-bond acceptors (Lipinski definition) is 2. The first kappa shape index (κ1) is 13.4. The van der Waals surface area contributed by atoms with Gasteiger partial charge in [-0.05, 0) is 26.2 Å². The van der Waals surface area contributed by atoms with E-state index in [0.29, 0.717) is 6.42 Å². The van der Waals surface area contributed by atoms with Gasteiger partial charge in [0, 0.05) is 18.4 Å². The van der Waals surface area contributed by atoms with Crippen LogP contribution < -0.4 is 5.32 Å². The average molecular weight is 261 g/mol. The maximum Gasteiger partial charge on any atom is 0.391 e. The molecule has 1 aromatic rings. The third kappa shape index (κ3) is 3.25. The molecule has 18 heavy (non-hydrogen) atoms. The quantitative estimate of drug-likeness (QED) is 0.877. The molecule has 0 saturated heterocycles. The van der Waals surface area contributed by atoms with Crippen molar-refractivity contribution in [1.82, 2.24) is 15.3 Å². The molecule has 102 valence electrons. The molecule has 6 heteroatoms. The van der Waals surface area contributed by atoms with Crippen molar-refractivity contribution in [2.45, 2.75) is 50.9 Å². The molecule has 0 radical (unpaired) electrons. The summed E-state index contributed by atoms with van der Waals surface area (Å²) in [4.78, 5) is 7.08. The normalized spacial score (nSPS) is 27.1. The molecule has 1 heterocycles. The summed E-state index contributed by atoms with van der Waals surface area (Å²) in [6, 6.07) is -0.123. The molecule has 1 aromatic heterocycles. The van der Waals surface area contributed by atoms with Gasteiger partial charge >= 0.3 is 6.18 Å². The lowest BCUT2D eigenvalue weighted by atomic mass is 9.85. The fraction of sp³-hybridized carbons (Fsp3) is 0.750. The fourth-order valence-corrected chi connectivity index (χ4v) is 2.59. The van der Waals surface area contributed by atoms with E-state index >= 15 is 0 Å². The van der Waals surface area contributed by atoms with E-state index in [-0.39, 0.29) is 24.9 Å². The predicted octanol–water partition coefficient (Wildman–Crippen LogP) is 3.18. The Morgan fingerprint density at radius 3 is 2.83 bits per heavy atom. The largest absolute Gasteiger partial charge is 0.391 e. The van der Waals surface area contributed by atoms with E-state index in [2.05, 4.69) is 15.3 Å². The lowest BCUT2D eigenvalue weighted by Crippen LogP contribution is -2.40. The van der Waals surface area contributed by atoms with Crippen LogP contribution in [0.15, 0.2) is 12.4 Å². The second-order valence-electron chi connectivity index (χ2n) is 4.96. The van der Waals surface area contributed by atoms with Crippen LogP contribution in [0, 0.1) is 5.92 Å². The van der Waals surface area contributed by atoms with Crippen molar-refractivity contribution >= 4 is 0 Å². The van der Waals surface area contributed by atoms with Crippen LogP contribution in [0.5, 0.6) is 0 Å². The molecule has 1 aliphatic carbocycles. The maximum absolute atomic E-state index is 12.7. The van der Waals surface area contributed by atoms with E-state index in [1.807, 2.05) is 6.92 Å². The summed E-state index contributed by atoms with van der Waals surface area (Å²) in [6.07, 6.45) is 1.17. The number of hydrogen-bond donors (Lipinski definition) is 2. The van der Waals surface area contributed by atoms with Crippen molar-refractivity contribution in [3.63, 3.8) is 0 Å². The van der Waals surface area contributed by atoms with Gasteiger partial charge in [-0.2, -0.15) is 13.2 Å². The fourth-order valence-electron chi connectivity index (χ4n) is 2.59. The van der Waals surface area contributed by atoms with Gasteiger partial charge in [-0.3, -0.25) is 0 Å². The van der Waals surface area contributed by atoms with E-state index in [4.69, 9.17) is 0 Å². The lowest BCUT2D eigenvalue weighted by Gasteiger charge is -2.32. The number of H-pyrrole nitrogens is 1. The number of nitrogens with zero attached hydrogens (tertiary/aromatic N) is 1. The zero-order valence-electron chi connectivity index (χ0n) is 10.3. The number of alkyl halides is 3. The van der Waals surface area contributed by atoms with Gasteiger partial charge in [0.25, 0.3) is 0 Å². The molecule has 0 aliphatic heterocycles. The molecule has 2 N–H and O–H groups in total. The summed E-state index contributed by atoms with van der Waals surface area (Å²) in [5.74, 6) is -0.392. The Morgan fingerprint density at radius 1 is 1.44 bits per heavy atom. The molecule has 0 amide bonds. The highest BCUT2D eigenvalue weighted by atomic mass is 19.4. The second-order valence-corrected chi connectivity index (χ2v) is 4.96. The van der Waals surface area contributed by atoms with E-state index in [0.717, 1.165) is 12.2 Å². The SMILES string of the molecule is CC(NC1CCCC(C(F)(F)F)C1)c1ncc[nH]1. The summed E-state index contributed by atoms with van der Waals surface area (Å²) in [5.41, 5.74) is 0. The minimum atomic E-state index is -4.06. The Morgan fingerprint density at radius 2 is 2.22 bits per heavy atom. The van der Waals surface area contributed by atoms with E-state index in [9.17, 15) is 13.2 Å². The molecular formula is C12H18F3N3. The Balaban J connectivity index is 1.90. The van der Waals surface area contributed by atoms with E-state index in [1.54, 1.807) is 12.4 Å². The first-order chi connectivity index (χ1) is 8.47. The Labute approximate surface area is 104 Å². The molecule has 3 atom stereocenters. The van der Waals surface area contributed by atoms with Gasteiger partial charge in [-0.1, -0.05) is 6.42 Å². The number of aromatic amines is 1. The molecule has 1 saturated carbocycles. The molecule has 0 aromatic carbocycles. The second kappa shape index (κ2) is 5.30. The van der Waals surface area contributed by atoms with Crippen LogP contribution >= 0.6 is 0 Å². The summed E-state index contributed by atoms with van der Waals surface area (Å²) in [7, 11) is 0. The van der Waals surface area contributed by atoms with Gasteiger partial charge in [-0.15, -0.1) is 0 Å². The molecule has 3 unspecified atom stereocenters. The molecule has 2 rings (SSSR count). The highest BCUT2D eigenvalue weighted by Gasteiger charge is 2.42.